The van der Waals surface area contributed by atoms with Crippen LogP contribution >= 0.6 is 0 Å². The molecule has 0 saturated carbocycles. The summed E-state index contributed by atoms with van der Waals surface area (Å²) in [6, 6.07) is 15.7. The van der Waals surface area contributed by atoms with E-state index >= 15 is 0 Å². The van der Waals surface area contributed by atoms with E-state index in [1.807, 2.05) is 30.3 Å². The number of aromatic nitrogens is 4. The molecule has 0 atom stereocenters. The number of nitrogen functional groups attached to an aromatic ring is 1. The average molecular weight is 334 g/mol. The molecule has 0 aliphatic carbocycles. The molecule has 6 nitrogen and oxygen atoms in total. The van der Waals surface area contributed by atoms with Gasteiger partial charge in [0.05, 0.1) is 0 Å². The predicted molar refractivity (Wildman–Crippen MR) is 95.8 cm³/mol. The minimum Gasteiger partial charge on any atom is -0.383 e. The number of halogens is 1. The Labute approximate surface area is 143 Å². The maximum Gasteiger partial charge on any atom is 0.166 e. The lowest BCUT2D eigenvalue weighted by molar-refractivity contribution is 0.628. The zero-order chi connectivity index (χ0) is 17.4. The first-order valence-corrected chi connectivity index (χ1v) is 7.70. The Balaban J connectivity index is 1.83. The second kappa shape index (κ2) is 5.86. The Morgan fingerprint density at radius 2 is 1.84 bits per heavy atom. The highest BCUT2D eigenvalue weighted by atomic mass is 19.1. The van der Waals surface area contributed by atoms with E-state index < -0.39 is 0 Å². The van der Waals surface area contributed by atoms with E-state index in [9.17, 15) is 4.39 Å². The zero-order valence-corrected chi connectivity index (χ0v) is 13.4. The van der Waals surface area contributed by atoms with Crippen molar-refractivity contribution < 1.29 is 4.39 Å². The first-order chi connectivity index (χ1) is 12.1. The smallest absolute Gasteiger partial charge is 0.166 e. The van der Waals surface area contributed by atoms with Gasteiger partial charge in [0.15, 0.2) is 17.3 Å². The highest BCUT2D eigenvalue weighted by Crippen LogP contribution is 2.30. The van der Waals surface area contributed by atoms with E-state index in [4.69, 9.17) is 5.73 Å². The second-order valence-corrected chi connectivity index (χ2v) is 5.60. The van der Waals surface area contributed by atoms with Gasteiger partial charge in [-0.25, -0.2) is 19.0 Å². The van der Waals surface area contributed by atoms with Crippen LogP contribution in [0.1, 0.15) is 0 Å². The van der Waals surface area contributed by atoms with E-state index in [0.29, 0.717) is 34.2 Å². The molecule has 3 N–H and O–H groups in total. The molecule has 0 radical (unpaired) electrons. The quantitative estimate of drug-likeness (QED) is 0.599. The minimum atomic E-state index is -0.333. The Kier molecular flexibility index (Phi) is 3.53. The molecule has 2 aromatic heterocycles. The summed E-state index contributed by atoms with van der Waals surface area (Å²) in [7, 11) is 1.78. The summed E-state index contributed by atoms with van der Waals surface area (Å²) < 4.78 is 15.0. The van der Waals surface area contributed by atoms with Gasteiger partial charge in [0.25, 0.3) is 0 Å². The fourth-order valence-corrected chi connectivity index (χ4v) is 2.68. The highest BCUT2D eigenvalue weighted by molar-refractivity contribution is 5.98. The number of aryl methyl sites for hydroxylation is 1. The van der Waals surface area contributed by atoms with Crippen molar-refractivity contribution in [3.63, 3.8) is 0 Å². The first kappa shape index (κ1) is 15.1. The maximum atomic E-state index is 13.4. The van der Waals surface area contributed by atoms with Crippen LogP contribution in [0.3, 0.4) is 0 Å². The number of nitrogens with zero attached hydrogens (tertiary/aromatic N) is 4. The van der Waals surface area contributed by atoms with E-state index in [0.717, 1.165) is 5.56 Å². The van der Waals surface area contributed by atoms with Crippen molar-refractivity contribution in [2.24, 2.45) is 7.05 Å². The molecule has 0 amide bonds. The lowest BCUT2D eigenvalue weighted by Crippen LogP contribution is -2.00. The van der Waals surface area contributed by atoms with Gasteiger partial charge in [-0.05, 0) is 18.2 Å². The van der Waals surface area contributed by atoms with Crippen LogP contribution in [0.2, 0.25) is 0 Å². The van der Waals surface area contributed by atoms with Crippen LogP contribution in [-0.4, -0.2) is 19.7 Å². The van der Waals surface area contributed by atoms with Crippen molar-refractivity contribution in [1.82, 2.24) is 19.7 Å². The fourth-order valence-electron chi connectivity index (χ4n) is 2.68. The molecule has 4 aromatic rings. The molecule has 0 unspecified atom stereocenters. The van der Waals surface area contributed by atoms with E-state index in [1.165, 1.54) is 12.1 Å². The monoisotopic (exact) mass is 334 g/mol. The summed E-state index contributed by atoms with van der Waals surface area (Å²) in [5.74, 6) is 1.00. The normalized spacial score (nSPS) is 11.0. The standard InChI is InChI=1S/C18H15FN6/c1-25-18-14(17(24-25)21-13-9-5-8-12(19)10-13)15(20)22-16(23-18)11-6-3-2-4-7-11/h2-10H,1H3,(H,21,24)(H2,20,22,23). The third-order valence-electron chi connectivity index (χ3n) is 3.83. The van der Waals surface area contributed by atoms with Crippen LogP contribution < -0.4 is 11.1 Å². The average Bonchev–Trinajstić information content (AvgIpc) is 2.92. The zero-order valence-electron chi connectivity index (χ0n) is 13.4. The van der Waals surface area contributed by atoms with Gasteiger partial charge in [-0.15, -0.1) is 0 Å². The SMILES string of the molecule is Cn1nc(Nc2cccc(F)c2)c2c(N)nc(-c3ccccc3)nc21. The van der Waals surface area contributed by atoms with Gasteiger partial charge in [-0.3, -0.25) is 0 Å². The number of hydrogen-bond acceptors (Lipinski definition) is 5. The highest BCUT2D eigenvalue weighted by Gasteiger charge is 2.17. The van der Waals surface area contributed by atoms with Gasteiger partial charge in [0.1, 0.15) is 17.0 Å². The molecule has 0 fully saturated rings. The van der Waals surface area contributed by atoms with Gasteiger partial charge in [-0.2, -0.15) is 5.10 Å². The maximum absolute atomic E-state index is 13.4. The number of hydrogen-bond donors (Lipinski definition) is 2. The molecule has 7 heteroatoms. The summed E-state index contributed by atoms with van der Waals surface area (Å²) in [5.41, 5.74) is 8.22. The van der Waals surface area contributed by atoms with Gasteiger partial charge >= 0.3 is 0 Å². The summed E-state index contributed by atoms with van der Waals surface area (Å²) in [5, 5.41) is 8.09. The molecule has 0 aliphatic heterocycles. The van der Waals surface area contributed by atoms with Crippen LogP contribution in [0.15, 0.2) is 54.6 Å². The number of benzene rings is 2. The van der Waals surface area contributed by atoms with Crippen molar-refractivity contribution in [3.05, 3.63) is 60.4 Å². The molecule has 4 rings (SSSR count). The number of nitrogens with two attached hydrogens (primary N) is 1. The molecule has 0 saturated heterocycles. The first-order valence-electron chi connectivity index (χ1n) is 7.70. The van der Waals surface area contributed by atoms with Gasteiger partial charge in [0, 0.05) is 18.3 Å². The van der Waals surface area contributed by atoms with Crippen LogP contribution in [0, 0.1) is 5.82 Å². The van der Waals surface area contributed by atoms with Gasteiger partial charge in [0.2, 0.25) is 0 Å². The van der Waals surface area contributed by atoms with E-state index in [-0.39, 0.29) is 5.82 Å². The van der Waals surface area contributed by atoms with Gasteiger partial charge < -0.3 is 11.1 Å². The third-order valence-corrected chi connectivity index (χ3v) is 3.83. The molecule has 0 aliphatic rings. The Morgan fingerprint density at radius 1 is 1.04 bits per heavy atom. The van der Waals surface area contributed by atoms with E-state index in [1.54, 1.807) is 23.9 Å². The molecule has 2 aromatic carbocycles. The van der Waals surface area contributed by atoms with Crippen LogP contribution in [0.5, 0.6) is 0 Å². The Hall–Kier alpha value is -3.48. The molecule has 25 heavy (non-hydrogen) atoms. The van der Waals surface area contributed by atoms with Gasteiger partial charge in [-0.1, -0.05) is 36.4 Å². The molecular weight excluding hydrogens is 319 g/mol. The predicted octanol–water partition coefficient (Wildman–Crippen LogP) is 3.50. The number of rotatable bonds is 3. The molecular formula is C18H15FN6. The lowest BCUT2D eigenvalue weighted by Gasteiger charge is -2.06. The van der Waals surface area contributed by atoms with Crippen molar-refractivity contribution >= 4 is 28.4 Å². The third kappa shape index (κ3) is 2.76. The van der Waals surface area contributed by atoms with Crippen LogP contribution in [-0.2, 0) is 7.05 Å². The van der Waals surface area contributed by atoms with E-state index in [2.05, 4.69) is 20.4 Å². The fraction of sp³-hybridized carbons (Fsp3) is 0.0556. The number of anilines is 3. The number of fused-ring (bicyclic) bond motifs is 1. The lowest BCUT2D eigenvalue weighted by atomic mass is 10.2. The minimum absolute atomic E-state index is 0.316. The summed E-state index contributed by atoms with van der Waals surface area (Å²) in [6.45, 7) is 0. The van der Waals surface area contributed by atoms with Crippen molar-refractivity contribution in [2.45, 2.75) is 0 Å². The molecule has 0 bridgehead atoms. The molecule has 0 spiro atoms. The number of nitrogens with one attached hydrogen (secondary N) is 1. The summed E-state index contributed by atoms with van der Waals surface area (Å²) >= 11 is 0. The van der Waals surface area contributed by atoms with Crippen molar-refractivity contribution in [2.75, 3.05) is 11.1 Å². The van der Waals surface area contributed by atoms with Crippen LogP contribution in [0.25, 0.3) is 22.4 Å². The molecule has 2 heterocycles. The molecule has 124 valence electrons. The van der Waals surface area contributed by atoms with Crippen LogP contribution in [0.4, 0.5) is 21.7 Å². The topological polar surface area (TPSA) is 81.7 Å². The Bertz CT molecular complexity index is 1060. The van der Waals surface area contributed by atoms with Crippen molar-refractivity contribution in [1.29, 1.82) is 0 Å². The largest absolute Gasteiger partial charge is 0.383 e. The second-order valence-electron chi connectivity index (χ2n) is 5.60. The summed E-state index contributed by atoms with van der Waals surface area (Å²) in [4.78, 5) is 8.98. The summed E-state index contributed by atoms with van der Waals surface area (Å²) in [6.07, 6.45) is 0. The Morgan fingerprint density at radius 3 is 2.60 bits per heavy atom. The van der Waals surface area contributed by atoms with Crippen molar-refractivity contribution in [3.8, 4) is 11.4 Å².